The standard InChI is InChI=1S/C9H10Br2O/c1-6(10)7-3-4-8(11)9(5-7)12-2/h3-6H,1-2H3. The first-order valence-electron chi connectivity index (χ1n) is 3.62. The summed E-state index contributed by atoms with van der Waals surface area (Å²) in [6.07, 6.45) is 0. The molecular formula is C9H10Br2O. The number of ether oxygens (including phenoxy) is 1. The molecular weight excluding hydrogens is 284 g/mol. The summed E-state index contributed by atoms with van der Waals surface area (Å²) >= 11 is 6.90. The number of rotatable bonds is 2. The third-order valence-electron chi connectivity index (χ3n) is 1.63. The molecule has 1 nitrogen and oxygen atoms in total. The molecule has 0 amide bonds. The number of benzene rings is 1. The predicted molar refractivity (Wildman–Crippen MR) is 58.0 cm³/mol. The largest absolute Gasteiger partial charge is 0.496 e. The molecule has 3 heteroatoms. The summed E-state index contributed by atoms with van der Waals surface area (Å²) in [5.74, 6) is 0.874. The summed E-state index contributed by atoms with van der Waals surface area (Å²) in [4.78, 5) is 0.361. The van der Waals surface area contributed by atoms with Gasteiger partial charge < -0.3 is 4.74 Å². The summed E-state index contributed by atoms with van der Waals surface area (Å²) in [7, 11) is 1.67. The van der Waals surface area contributed by atoms with Gasteiger partial charge in [0.05, 0.1) is 11.6 Å². The van der Waals surface area contributed by atoms with E-state index in [2.05, 4.69) is 44.8 Å². The maximum Gasteiger partial charge on any atom is 0.133 e. The van der Waals surface area contributed by atoms with Crippen molar-refractivity contribution < 1.29 is 4.74 Å². The van der Waals surface area contributed by atoms with Crippen LogP contribution in [0.2, 0.25) is 0 Å². The van der Waals surface area contributed by atoms with Crippen molar-refractivity contribution in [3.05, 3.63) is 28.2 Å². The van der Waals surface area contributed by atoms with E-state index in [9.17, 15) is 0 Å². The molecule has 0 saturated carbocycles. The fraction of sp³-hybridized carbons (Fsp3) is 0.333. The van der Waals surface area contributed by atoms with Gasteiger partial charge in [-0.2, -0.15) is 0 Å². The van der Waals surface area contributed by atoms with Gasteiger partial charge in [-0.25, -0.2) is 0 Å². The lowest BCUT2D eigenvalue weighted by molar-refractivity contribution is 0.411. The van der Waals surface area contributed by atoms with E-state index in [1.807, 2.05) is 12.1 Å². The molecule has 1 aromatic rings. The fourth-order valence-electron chi connectivity index (χ4n) is 0.924. The van der Waals surface area contributed by atoms with E-state index in [0.717, 1.165) is 10.2 Å². The summed E-state index contributed by atoms with van der Waals surface area (Å²) in [5, 5.41) is 0. The molecule has 0 radical (unpaired) electrons. The van der Waals surface area contributed by atoms with Crippen LogP contribution in [0.3, 0.4) is 0 Å². The third-order valence-corrected chi connectivity index (χ3v) is 2.82. The van der Waals surface area contributed by atoms with E-state index in [1.54, 1.807) is 7.11 Å². The van der Waals surface area contributed by atoms with Crippen LogP contribution in [-0.2, 0) is 0 Å². The monoisotopic (exact) mass is 292 g/mol. The van der Waals surface area contributed by atoms with Crippen molar-refractivity contribution in [2.45, 2.75) is 11.8 Å². The third kappa shape index (κ3) is 2.23. The van der Waals surface area contributed by atoms with Crippen molar-refractivity contribution in [2.24, 2.45) is 0 Å². The molecule has 12 heavy (non-hydrogen) atoms. The highest BCUT2D eigenvalue weighted by atomic mass is 79.9. The second-order valence-corrected chi connectivity index (χ2v) is 4.74. The zero-order chi connectivity index (χ0) is 9.14. The van der Waals surface area contributed by atoms with Crippen molar-refractivity contribution >= 4 is 31.9 Å². The lowest BCUT2D eigenvalue weighted by Gasteiger charge is -2.07. The molecule has 0 N–H and O–H groups in total. The Bertz CT molecular complexity index is 271. The van der Waals surface area contributed by atoms with Gasteiger partial charge in [-0.3, -0.25) is 0 Å². The smallest absolute Gasteiger partial charge is 0.133 e. The van der Waals surface area contributed by atoms with E-state index in [4.69, 9.17) is 4.74 Å². The zero-order valence-corrected chi connectivity index (χ0v) is 10.1. The van der Waals surface area contributed by atoms with Crippen LogP contribution < -0.4 is 4.74 Å². The molecule has 0 aliphatic rings. The maximum atomic E-state index is 5.17. The summed E-state index contributed by atoms with van der Waals surface area (Å²) in [5.41, 5.74) is 1.22. The summed E-state index contributed by atoms with van der Waals surface area (Å²) < 4.78 is 6.16. The van der Waals surface area contributed by atoms with E-state index in [0.29, 0.717) is 4.83 Å². The first kappa shape index (κ1) is 10.1. The molecule has 0 aromatic heterocycles. The van der Waals surface area contributed by atoms with E-state index in [1.165, 1.54) is 5.56 Å². The van der Waals surface area contributed by atoms with Crippen molar-refractivity contribution in [2.75, 3.05) is 7.11 Å². The molecule has 1 unspecified atom stereocenters. The minimum absolute atomic E-state index is 0.361. The molecule has 66 valence electrons. The Morgan fingerprint density at radius 1 is 1.42 bits per heavy atom. The zero-order valence-electron chi connectivity index (χ0n) is 6.97. The number of hydrogen-bond donors (Lipinski definition) is 0. The van der Waals surface area contributed by atoms with Crippen LogP contribution in [0.4, 0.5) is 0 Å². The van der Waals surface area contributed by atoms with Crippen LogP contribution >= 0.6 is 31.9 Å². The van der Waals surface area contributed by atoms with Gasteiger partial charge >= 0.3 is 0 Å². The van der Waals surface area contributed by atoms with E-state index >= 15 is 0 Å². The molecule has 0 aliphatic heterocycles. The minimum Gasteiger partial charge on any atom is -0.496 e. The molecule has 1 aromatic carbocycles. The van der Waals surface area contributed by atoms with Crippen LogP contribution in [-0.4, -0.2) is 7.11 Å². The lowest BCUT2D eigenvalue weighted by atomic mass is 10.2. The van der Waals surface area contributed by atoms with Crippen LogP contribution in [0, 0.1) is 0 Å². The van der Waals surface area contributed by atoms with Crippen molar-refractivity contribution in [3.63, 3.8) is 0 Å². The van der Waals surface area contributed by atoms with Gasteiger partial charge in [0.15, 0.2) is 0 Å². The summed E-state index contributed by atoms with van der Waals surface area (Å²) in [6.45, 7) is 2.09. The Labute approximate surface area is 89.4 Å². The predicted octanol–water partition coefficient (Wildman–Crippen LogP) is 3.91. The van der Waals surface area contributed by atoms with Crippen molar-refractivity contribution in [1.29, 1.82) is 0 Å². The number of methoxy groups -OCH3 is 1. The first-order valence-corrected chi connectivity index (χ1v) is 5.33. The SMILES string of the molecule is COc1cc(C(C)Br)ccc1Br. The first-order chi connectivity index (χ1) is 5.65. The van der Waals surface area contributed by atoms with Gasteiger partial charge in [0, 0.05) is 4.83 Å². The number of alkyl halides is 1. The van der Waals surface area contributed by atoms with Gasteiger partial charge in [0.2, 0.25) is 0 Å². The second kappa shape index (κ2) is 4.28. The van der Waals surface area contributed by atoms with Gasteiger partial charge in [0.25, 0.3) is 0 Å². The van der Waals surface area contributed by atoms with Gasteiger partial charge in [0.1, 0.15) is 5.75 Å². The number of hydrogen-bond acceptors (Lipinski definition) is 1. The van der Waals surface area contributed by atoms with Crippen LogP contribution in [0.1, 0.15) is 17.3 Å². The highest BCUT2D eigenvalue weighted by Gasteiger charge is 2.04. The van der Waals surface area contributed by atoms with Crippen molar-refractivity contribution in [3.8, 4) is 5.75 Å². The van der Waals surface area contributed by atoms with Gasteiger partial charge in [-0.05, 0) is 40.5 Å². The average molecular weight is 294 g/mol. The average Bonchev–Trinajstić information content (AvgIpc) is 2.05. The Kier molecular flexibility index (Phi) is 3.59. The Hall–Kier alpha value is -0.0200. The molecule has 0 aliphatic carbocycles. The van der Waals surface area contributed by atoms with E-state index < -0.39 is 0 Å². The molecule has 0 saturated heterocycles. The van der Waals surface area contributed by atoms with E-state index in [-0.39, 0.29) is 0 Å². The number of halogens is 2. The molecule has 0 fully saturated rings. The molecule has 0 bridgehead atoms. The summed E-state index contributed by atoms with van der Waals surface area (Å²) in [6, 6.07) is 6.07. The van der Waals surface area contributed by atoms with Crippen LogP contribution in [0.25, 0.3) is 0 Å². The fourth-order valence-corrected chi connectivity index (χ4v) is 1.62. The Balaban J connectivity index is 3.05. The normalized spacial score (nSPS) is 12.7. The van der Waals surface area contributed by atoms with Crippen LogP contribution in [0.15, 0.2) is 22.7 Å². The lowest BCUT2D eigenvalue weighted by Crippen LogP contribution is -1.88. The highest BCUT2D eigenvalue weighted by Crippen LogP contribution is 2.30. The Morgan fingerprint density at radius 2 is 2.08 bits per heavy atom. The molecule has 1 atom stereocenters. The molecule has 0 spiro atoms. The quantitative estimate of drug-likeness (QED) is 0.751. The van der Waals surface area contributed by atoms with Crippen molar-refractivity contribution in [1.82, 2.24) is 0 Å². The maximum absolute atomic E-state index is 5.17. The second-order valence-electron chi connectivity index (χ2n) is 2.51. The molecule has 0 heterocycles. The highest BCUT2D eigenvalue weighted by molar-refractivity contribution is 9.10. The topological polar surface area (TPSA) is 9.23 Å². The van der Waals surface area contributed by atoms with Crippen LogP contribution in [0.5, 0.6) is 5.75 Å². The van der Waals surface area contributed by atoms with Gasteiger partial charge in [-0.1, -0.05) is 22.0 Å². The minimum atomic E-state index is 0.361. The van der Waals surface area contributed by atoms with Gasteiger partial charge in [-0.15, -0.1) is 0 Å². The molecule has 1 rings (SSSR count). The Morgan fingerprint density at radius 3 is 2.58 bits per heavy atom.